The average molecular weight is 1290 g/mol. The van der Waals surface area contributed by atoms with Crippen molar-refractivity contribution in [2.75, 3.05) is 26.4 Å². The first-order valence-corrected chi connectivity index (χ1v) is 36.6. The molecule has 0 aromatic rings. The van der Waals surface area contributed by atoms with E-state index in [0.29, 0.717) is 12.8 Å². The number of nitrogens with one attached hydrogen (secondary N) is 1. The fourth-order valence-electron chi connectivity index (χ4n) is 12.6. The first-order valence-electron chi connectivity index (χ1n) is 36.6. The Morgan fingerprint density at radius 2 is 0.711 bits per heavy atom. The Morgan fingerprint density at radius 1 is 0.389 bits per heavy atom. The molecule has 0 spiro atoms. The summed E-state index contributed by atoms with van der Waals surface area (Å²) in [5.41, 5.74) is 0. The molecule has 3 aliphatic heterocycles. The van der Waals surface area contributed by atoms with Crippen molar-refractivity contribution in [2.45, 2.75) is 394 Å². The topological polar surface area (TPSA) is 307 Å². The van der Waals surface area contributed by atoms with Crippen LogP contribution in [0.25, 0.3) is 0 Å². The third-order valence-corrected chi connectivity index (χ3v) is 18.5. The smallest absolute Gasteiger partial charge is 0.220 e. The first kappa shape index (κ1) is 82.5. The van der Waals surface area contributed by atoms with Crippen LogP contribution >= 0.6 is 0 Å². The van der Waals surface area contributed by atoms with E-state index in [4.69, 9.17) is 28.4 Å². The number of carbonyl (C=O) groups is 1. The van der Waals surface area contributed by atoms with Crippen LogP contribution in [0.5, 0.6) is 0 Å². The lowest BCUT2D eigenvalue weighted by Crippen LogP contribution is -2.66. The normalized spacial score (nSPS) is 28.1. The maximum Gasteiger partial charge on any atom is 0.220 e. The number of carbonyl (C=O) groups excluding carboxylic acids is 1. The van der Waals surface area contributed by atoms with Gasteiger partial charge in [-0.1, -0.05) is 276 Å². The van der Waals surface area contributed by atoms with Gasteiger partial charge in [0.25, 0.3) is 0 Å². The van der Waals surface area contributed by atoms with Gasteiger partial charge in [-0.3, -0.25) is 4.79 Å². The molecule has 0 aliphatic carbocycles. The van der Waals surface area contributed by atoms with Gasteiger partial charge in [-0.2, -0.15) is 0 Å². The van der Waals surface area contributed by atoms with E-state index < -0.39 is 124 Å². The maximum absolute atomic E-state index is 13.4. The van der Waals surface area contributed by atoms with Crippen LogP contribution in [0, 0.1) is 0 Å². The Morgan fingerprint density at radius 3 is 1.11 bits per heavy atom. The molecule has 0 aromatic heterocycles. The van der Waals surface area contributed by atoms with Crippen molar-refractivity contribution in [1.82, 2.24) is 5.32 Å². The molecule has 19 nitrogen and oxygen atoms in total. The SMILES string of the molecule is CCCCCCCCCCCCCCCCCCCCCCCCCC/C=C/CC/C=C/C(O)C(COC1OC(CO)C(OC2OC(CO)C(OC3OC(CO)C(O)C(O)C3O)C(O)C2O)C(O)C1O)NC(=O)CCCCCCCCCCCCCCCCC. The van der Waals surface area contributed by atoms with E-state index in [2.05, 4.69) is 31.3 Å². The molecule has 3 rings (SSSR count). The molecule has 3 fully saturated rings. The summed E-state index contributed by atoms with van der Waals surface area (Å²) in [5.74, 6) is -0.281. The fraction of sp³-hybridized carbons (Fsp3) is 0.930. The predicted octanol–water partition coefficient (Wildman–Crippen LogP) is 10.2. The largest absolute Gasteiger partial charge is 0.394 e. The lowest BCUT2D eigenvalue weighted by atomic mass is 9.96. The third-order valence-electron chi connectivity index (χ3n) is 18.5. The monoisotopic (exact) mass is 1290 g/mol. The van der Waals surface area contributed by atoms with Crippen LogP contribution in [0.3, 0.4) is 0 Å². The van der Waals surface area contributed by atoms with Gasteiger partial charge >= 0.3 is 0 Å². The number of ether oxygens (including phenoxy) is 6. The van der Waals surface area contributed by atoms with Crippen molar-refractivity contribution < 1.29 is 89.4 Å². The van der Waals surface area contributed by atoms with Crippen LogP contribution in [0.4, 0.5) is 0 Å². The van der Waals surface area contributed by atoms with Gasteiger partial charge in [0, 0.05) is 6.42 Å². The molecule has 3 heterocycles. The molecule has 19 heteroatoms. The summed E-state index contributed by atoms with van der Waals surface area (Å²) in [6.45, 7) is 1.75. The van der Waals surface area contributed by atoms with Gasteiger partial charge in [0.1, 0.15) is 73.2 Å². The standard InChI is InChI=1S/C71H133NO18/c1-3-5-7-9-11-13-15-17-19-20-21-22-23-24-25-26-27-28-29-30-31-32-33-35-36-38-40-42-44-46-48-55(76)54(72-59(77)49-47-45-43-41-39-37-34-18-16-14-12-10-8-6-4-2)53-85-69-65(83)62(80)67(57(51-74)87-69)90-71-66(84)63(81)68(58(52-75)88-71)89-70-64(82)61(79)60(78)56(50-73)86-70/h38,40,46,48,54-58,60-71,73-76,78-84H,3-37,39,41-45,47,49-53H2,1-2H3,(H,72,77)/b40-38+,48-46+. The Balaban J connectivity index is 1.40. The summed E-state index contributed by atoms with van der Waals surface area (Å²) in [4.78, 5) is 13.4. The zero-order valence-electron chi connectivity index (χ0n) is 56.1. The molecular weight excluding hydrogens is 1150 g/mol. The molecule has 90 heavy (non-hydrogen) atoms. The summed E-state index contributed by atoms with van der Waals surface area (Å²) in [7, 11) is 0. The van der Waals surface area contributed by atoms with Gasteiger partial charge in [-0.05, 0) is 32.1 Å². The van der Waals surface area contributed by atoms with Gasteiger partial charge in [0.15, 0.2) is 18.9 Å². The Hall–Kier alpha value is -1.73. The number of aliphatic hydroxyl groups is 11. The minimum absolute atomic E-state index is 0.240. The fourth-order valence-corrected chi connectivity index (χ4v) is 12.6. The highest BCUT2D eigenvalue weighted by Crippen LogP contribution is 2.33. The quantitative estimate of drug-likeness (QED) is 0.0199. The molecule has 0 saturated carbocycles. The van der Waals surface area contributed by atoms with Gasteiger partial charge in [-0.15, -0.1) is 0 Å². The zero-order valence-corrected chi connectivity index (χ0v) is 56.1. The molecule has 17 unspecified atom stereocenters. The molecular formula is C71H133NO18. The van der Waals surface area contributed by atoms with E-state index in [1.807, 2.05) is 6.08 Å². The molecule has 0 radical (unpaired) electrons. The predicted molar refractivity (Wildman–Crippen MR) is 351 cm³/mol. The molecule has 1 amide bonds. The van der Waals surface area contributed by atoms with E-state index in [0.717, 1.165) is 38.5 Å². The maximum atomic E-state index is 13.4. The molecule has 3 aliphatic rings. The van der Waals surface area contributed by atoms with Crippen LogP contribution < -0.4 is 5.32 Å². The molecule has 17 atom stereocenters. The summed E-state index contributed by atoms with van der Waals surface area (Å²) in [5, 5.41) is 121. The summed E-state index contributed by atoms with van der Waals surface area (Å²) < 4.78 is 34.3. The highest BCUT2D eigenvalue weighted by atomic mass is 16.8. The van der Waals surface area contributed by atoms with Crippen LogP contribution in [-0.2, 0) is 33.2 Å². The number of rotatable bonds is 57. The second-order valence-electron chi connectivity index (χ2n) is 26.4. The van der Waals surface area contributed by atoms with Crippen molar-refractivity contribution in [3.05, 3.63) is 24.3 Å². The first-order chi connectivity index (χ1) is 43.8. The lowest BCUT2D eigenvalue weighted by molar-refractivity contribution is -0.379. The molecule has 0 aromatic carbocycles. The number of allylic oxidation sites excluding steroid dienone is 3. The van der Waals surface area contributed by atoms with Gasteiger partial charge < -0.3 is 89.9 Å². The third kappa shape index (κ3) is 34.8. The Bertz CT molecular complexity index is 1730. The zero-order chi connectivity index (χ0) is 65.4. The summed E-state index contributed by atoms with van der Waals surface area (Å²) >= 11 is 0. The van der Waals surface area contributed by atoms with Gasteiger partial charge in [0.05, 0.1) is 38.6 Å². The van der Waals surface area contributed by atoms with E-state index >= 15 is 0 Å². The number of unbranched alkanes of at least 4 members (excludes halogenated alkanes) is 39. The van der Waals surface area contributed by atoms with E-state index in [1.54, 1.807) is 6.08 Å². The number of hydrogen-bond donors (Lipinski definition) is 12. The molecule has 530 valence electrons. The Kier molecular flexibility index (Phi) is 49.0. The van der Waals surface area contributed by atoms with Crippen molar-refractivity contribution >= 4 is 5.91 Å². The summed E-state index contributed by atoms with van der Waals surface area (Å²) in [6, 6.07) is -0.986. The van der Waals surface area contributed by atoms with Gasteiger partial charge in [0.2, 0.25) is 5.91 Å². The van der Waals surface area contributed by atoms with Crippen LogP contribution in [0.15, 0.2) is 24.3 Å². The average Bonchev–Trinajstić information content (AvgIpc) is 1.03. The Labute approximate surface area is 543 Å². The van der Waals surface area contributed by atoms with Crippen LogP contribution in [-0.4, -0.2) is 193 Å². The van der Waals surface area contributed by atoms with E-state index in [9.17, 15) is 61.0 Å². The van der Waals surface area contributed by atoms with Crippen LogP contribution in [0.2, 0.25) is 0 Å². The number of amides is 1. The van der Waals surface area contributed by atoms with E-state index in [1.165, 1.54) is 218 Å². The second kappa shape index (κ2) is 53.4. The number of aliphatic hydroxyl groups excluding tert-OH is 11. The minimum atomic E-state index is -1.98. The molecule has 0 bridgehead atoms. The highest BCUT2D eigenvalue weighted by Gasteiger charge is 2.53. The van der Waals surface area contributed by atoms with Crippen LogP contribution in [0.1, 0.15) is 290 Å². The molecule has 3 saturated heterocycles. The van der Waals surface area contributed by atoms with E-state index in [-0.39, 0.29) is 18.9 Å². The van der Waals surface area contributed by atoms with Crippen molar-refractivity contribution in [1.29, 1.82) is 0 Å². The van der Waals surface area contributed by atoms with Gasteiger partial charge in [-0.25, -0.2) is 0 Å². The van der Waals surface area contributed by atoms with Crippen molar-refractivity contribution in [2.24, 2.45) is 0 Å². The number of hydrogen-bond acceptors (Lipinski definition) is 18. The minimum Gasteiger partial charge on any atom is -0.394 e. The highest BCUT2D eigenvalue weighted by molar-refractivity contribution is 5.76. The second-order valence-corrected chi connectivity index (χ2v) is 26.4. The van der Waals surface area contributed by atoms with Crippen molar-refractivity contribution in [3.8, 4) is 0 Å². The lowest BCUT2D eigenvalue weighted by Gasteiger charge is -2.48. The summed E-state index contributed by atoms with van der Waals surface area (Å²) in [6.07, 6.45) is 34.6. The van der Waals surface area contributed by atoms with Crippen molar-refractivity contribution in [3.63, 3.8) is 0 Å². The molecule has 12 N–H and O–H groups in total.